The second-order valence-corrected chi connectivity index (χ2v) is 5.52. The molecule has 1 aromatic heterocycles. The first-order chi connectivity index (χ1) is 9.17. The van der Waals surface area contributed by atoms with Crippen LogP contribution < -0.4 is 5.32 Å². The van der Waals surface area contributed by atoms with Gasteiger partial charge in [-0.3, -0.25) is 4.79 Å². The Morgan fingerprint density at radius 2 is 2.00 bits per heavy atom. The third-order valence-electron chi connectivity index (χ3n) is 2.66. The van der Waals surface area contributed by atoms with E-state index in [4.69, 9.17) is 0 Å². The van der Waals surface area contributed by atoms with Gasteiger partial charge in [-0.05, 0) is 18.9 Å². The molecule has 1 heterocycles. The van der Waals surface area contributed by atoms with Gasteiger partial charge in [0.25, 0.3) is 0 Å². The fraction of sp³-hybridized carbons (Fsp3) is 0.357. The van der Waals surface area contributed by atoms with E-state index in [0.29, 0.717) is 11.6 Å². The van der Waals surface area contributed by atoms with Crippen LogP contribution in [0.3, 0.4) is 0 Å². The molecule has 0 saturated carbocycles. The molecule has 1 aromatic carbocycles. The Hall–Kier alpha value is -1.75. The Kier molecular flexibility index (Phi) is 4.63. The zero-order valence-electron chi connectivity index (χ0n) is 11.1. The van der Waals surface area contributed by atoms with Crippen molar-refractivity contribution in [2.75, 3.05) is 5.32 Å². The molecule has 1 amide bonds. The highest BCUT2D eigenvalue weighted by atomic mass is 32.1. The number of hydrogen-bond donors (Lipinski definition) is 1. The largest absolute Gasteiger partial charge is 0.300 e. The predicted octanol–water partition coefficient (Wildman–Crippen LogP) is 2.98. The van der Waals surface area contributed by atoms with Gasteiger partial charge in [0.15, 0.2) is 0 Å². The molecule has 2 aromatic rings. The predicted molar refractivity (Wildman–Crippen MR) is 77.4 cm³/mol. The van der Waals surface area contributed by atoms with Gasteiger partial charge in [0.2, 0.25) is 11.0 Å². The number of aryl methyl sites for hydroxylation is 2. The summed E-state index contributed by atoms with van der Waals surface area (Å²) in [6.45, 7) is 4.12. The third-order valence-corrected chi connectivity index (χ3v) is 3.56. The van der Waals surface area contributed by atoms with Crippen LogP contribution in [0.25, 0.3) is 0 Å². The molecular weight excluding hydrogens is 258 g/mol. The summed E-state index contributed by atoms with van der Waals surface area (Å²) < 4.78 is 0. The third kappa shape index (κ3) is 4.13. The zero-order valence-corrected chi connectivity index (χ0v) is 12.0. The van der Waals surface area contributed by atoms with E-state index in [0.717, 1.165) is 23.4 Å². The van der Waals surface area contributed by atoms with Gasteiger partial charge in [0.05, 0.1) is 6.42 Å². The maximum Gasteiger partial charge on any atom is 0.230 e. The van der Waals surface area contributed by atoms with Gasteiger partial charge in [0, 0.05) is 6.42 Å². The summed E-state index contributed by atoms with van der Waals surface area (Å²) in [6, 6.07) is 7.95. The summed E-state index contributed by atoms with van der Waals surface area (Å²) in [5.41, 5.74) is 2.19. The van der Waals surface area contributed by atoms with E-state index < -0.39 is 0 Å². The lowest BCUT2D eigenvalue weighted by Gasteiger charge is -2.02. The zero-order chi connectivity index (χ0) is 13.7. The number of anilines is 1. The van der Waals surface area contributed by atoms with Crippen LogP contribution in [0.5, 0.6) is 0 Å². The molecule has 2 rings (SSSR count). The Morgan fingerprint density at radius 1 is 1.26 bits per heavy atom. The van der Waals surface area contributed by atoms with E-state index in [1.165, 1.54) is 16.9 Å². The number of nitrogens with zero attached hydrogens (tertiary/aromatic N) is 2. The lowest BCUT2D eigenvalue weighted by Crippen LogP contribution is -2.14. The van der Waals surface area contributed by atoms with Crippen molar-refractivity contribution < 1.29 is 4.79 Å². The second kappa shape index (κ2) is 6.43. The van der Waals surface area contributed by atoms with Gasteiger partial charge < -0.3 is 5.32 Å². The Labute approximate surface area is 116 Å². The number of benzene rings is 1. The van der Waals surface area contributed by atoms with Crippen molar-refractivity contribution >= 4 is 22.4 Å². The molecule has 0 aliphatic rings. The quantitative estimate of drug-likeness (QED) is 0.912. The van der Waals surface area contributed by atoms with Crippen molar-refractivity contribution in [1.29, 1.82) is 0 Å². The van der Waals surface area contributed by atoms with Crippen LogP contribution in [0.1, 0.15) is 29.5 Å². The summed E-state index contributed by atoms with van der Waals surface area (Å²) in [5, 5.41) is 12.3. The molecule has 0 aliphatic heterocycles. The second-order valence-electron chi connectivity index (χ2n) is 4.46. The first-order valence-electron chi connectivity index (χ1n) is 6.35. The maximum atomic E-state index is 11.9. The molecule has 19 heavy (non-hydrogen) atoms. The van der Waals surface area contributed by atoms with E-state index in [9.17, 15) is 4.79 Å². The van der Waals surface area contributed by atoms with Crippen molar-refractivity contribution in [1.82, 2.24) is 10.2 Å². The molecule has 5 heteroatoms. The molecule has 0 bridgehead atoms. The van der Waals surface area contributed by atoms with Gasteiger partial charge >= 0.3 is 0 Å². The summed E-state index contributed by atoms with van der Waals surface area (Å²) >= 11 is 1.44. The molecule has 100 valence electrons. The minimum atomic E-state index is -0.0527. The first kappa shape index (κ1) is 13.7. The van der Waals surface area contributed by atoms with E-state index in [1.807, 2.05) is 31.2 Å². The highest BCUT2D eigenvalue weighted by molar-refractivity contribution is 7.15. The monoisotopic (exact) mass is 275 g/mol. The number of carbonyl (C=O) groups is 1. The number of rotatable bonds is 5. The number of nitrogens with one attached hydrogen (secondary N) is 1. The lowest BCUT2D eigenvalue weighted by molar-refractivity contribution is -0.115. The minimum absolute atomic E-state index is 0.0527. The summed E-state index contributed by atoms with van der Waals surface area (Å²) in [4.78, 5) is 11.9. The van der Waals surface area contributed by atoms with Crippen molar-refractivity contribution in [3.63, 3.8) is 0 Å². The van der Waals surface area contributed by atoms with E-state index in [2.05, 4.69) is 22.4 Å². The summed E-state index contributed by atoms with van der Waals surface area (Å²) in [6.07, 6.45) is 2.31. The fourth-order valence-electron chi connectivity index (χ4n) is 1.67. The Bertz CT molecular complexity index is 548. The van der Waals surface area contributed by atoms with Crippen LogP contribution >= 0.6 is 11.3 Å². The van der Waals surface area contributed by atoms with Crippen LogP contribution in [0.15, 0.2) is 24.3 Å². The minimum Gasteiger partial charge on any atom is -0.300 e. The van der Waals surface area contributed by atoms with Crippen LogP contribution in [-0.2, 0) is 17.6 Å². The summed E-state index contributed by atoms with van der Waals surface area (Å²) in [7, 11) is 0. The van der Waals surface area contributed by atoms with Crippen molar-refractivity contribution in [3.05, 3.63) is 40.4 Å². The highest BCUT2D eigenvalue weighted by Gasteiger charge is 2.08. The first-order valence-corrected chi connectivity index (χ1v) is 7.17. The van der Waals surface area contributed by atoms with Gasteiger partial charge in [-0.2, -0.15) is 0 Å². The average molecular weight is 275 g/mol. The molecule has 0 saturated heterocycles. The van der Waals surface area contributed by atoms with E-state index in [1.54, 1.807) is 0 Å². The van der Waals surface area contributed by atoms with Crippen molar-refractivity contribution in [3.8, 4) is 0 Å². The van der Waals surface area contributed by atoms with Gasteiger partial charge in [-0.15, -0.1) is 10.2 Å². The standard InChI is InChI=1S/C14H17N3OS/c1-3-4-13-16-17-14(19-13)15-12(18)9-11-7-5-10(2)6-8-11/h5-8H,3-4,9H2,1-2H3,(H,15,17,18). The van der Waals surface area contributed by atoms with Crippen LogP contribution in [0.2, 0.25) is 0 Å². The molecule has 0 spiro atoms. The van der Waals surface area contributed by atoms with Crippen LogP contribution in [-0.4, -0.2) is 16.1 Å². The molecule has 0 aliphatic carbocycles. The van der Waals surface area contributed by atoms with E-state index in [-0.39, 0.29) is 5.91 Å². The molecule has 0 fully saturated rings. The molecule has 0 radical (unpaired) electrons. The average Bonchev–Trinajstić information content (AvgIpc) is 2.80. The number of amides is 1. The Morgan fingerprint density at radius 3 is 2.68 bits per heavy atom. The smallest absolute Gasteiger partial charge is 0.230 e. The van der Waals surface area contributed by atoms with Gasteiger partial charge in [-0.25, -0.2) is 0 Å². The van der Waals surface area contributed by atoms with Crippen LogP contribution in [0, 0.1) is 6.92 Å². The molecular formula is C14H17N3OS. The molecule has 0 unspecified atom stereocenters. The fourth-order valence-corrected chi connectivity index (χ4v) is 2.53. The SMILES string of the molecule is CCCc1nnc(NC(=O)Cc2ccc(C)cc2)s1. The normalized spacial score (nSPS) is 10.4. The lowest BCUT2D eigenvalue weighted by atomic mass is 10.1. The maximum absolute atomic E-state index is 11.9. The molecule has 0 atom stereocenters. The van der Waals surface area contributed by atoms with Gasteiger partial charge in [0.1, 0.15) is 5.01 Å². The van der Waals surface area contributed by atoms with Crippen molar-refractivity contribution in [2.24, 2.45) is 0 Å². The number of carbonyl (C=O) groups excluding carboxylic acids is 1. The summed E-state index contributed by atoms with van der Waals surface area (Å²) in [5.74, 6) is -0.0527. The topological polar surface area (TPSA) is 54.9 Å². The molecule has 4 nitrogen and oxygen atoms in total. The number of hydrogen-bond acceptors (Lipinski definition) is 4. The Balaban J connectivity index is 1.91. The van der Waals surface area contributed by atoms with E-state index >= 15 is 0 Å². The van der Waals surface area contributed by atoms with Crippen LogP contribution in [0.4, 0.5) is 5.13 Å². The highest BCUT2D eigenvalue weighted by Crippen LogP contribution is 2.16. The van der Waals surface area contributed by atoms with Gasteiger partial charge in [-0.1, -0.05) is 48.1 Å². The number of aromatic nitrogens is 2. The van der Waals surface area contributed by atoms with Crippen molar-refractivity contribution in [2.45, 2.75) is 33.1 Å². The molecule has 1 N–H and O–H groups in total.